The van der Waals surface area contributed by atoms with Crippen molar-refractivity contribution >= 4 is 5.97 Å². The molecule has 1 rings (SSSR count). The van der Waals surface area contributed by atoms with Crippen molar-refractivity contribution in [2.75, 3.05) is 7.11 Å². The Morgan fingerprint density at radius 2 is 1.89 bits per heavy atom. The van der Waals surface area contributed by atoms with Crippen LogP contribution < -0.4 is 0 Å². The van der Waals surface area contributed by atoms with Crippen molar-refractivity contribution in [1.82, 2.24) is 0 Å². The van der Waals surface area contributed by atoms with E-state index in [2.05, 4.69) is 0 Å². The Labute approximate surface area is 113 Å². The van der Waals surface area contributed by atoms with Gasteiger partial charge in [0, 0.05) is 0 Å². The number of rotatable bonds is 5. The van der Waals surface area contributed by atoms with Gasteiger partial charge in [-0.1, -0.05) is 32.9 Å². The molecule has 19 heavy (non-hydrogen) atoms. The average Bonchev–Trinajstić information content (AvgIpc) is 2.38. The fourth-order valence-electron chi connectivity index (χ4n) is 2.49. The molecule has 2 atom stereocenters. The van der Waals surface area contributed by atoms with Gasteiger partial charge in [0.2, 0.25) is 0 Å². The Morgan fingerprint density at radius 3 is 2.26 bits per heavy atom. The molecule has 0 radical (unpaired) electrons. The quantitative estimate of drug-likeness (QED) is 0.835. The molecular formula is C15H21FO3. The Hall–Kier alpha value is -1.42. The van der Waals surface area contributed by atoms with Crippen LogP contribution in [-0.4, -0.2) is 18.2 Å². The maximum Gasteiger partial charge on any atom is 0.312 e. The molecule has 0 heterocycles. The van der Waals surface area contributed by atoms with Crippen LogP contribution in [0.25, 0.3) is 0 Å². The van der Waals surface area contributed by atoms with Crippen LogP contribution in [0, 0.1) is 17.7 Å². The molecule has 0 amide bonds. The summed E-state index contributed by atoms with van der Waals surface area (Å²) in [5.41, 5.74) is -0.824. The number of carbonyl (C=O) groups excluding carboxylic acids is 1. The van der Waals surface area contributed by atoms with E-state index in [-0.39, 0.29) is 11.7 Å². The second kappa shape index (κ2) is 6.15. The van der Waals surface area contributed by atoms with Crippen molar-refractivity contribution < 1.29 is 19.0 Å². The summed E-state index contributed by atoms with van der Waals surface area (Å²) in [6.45, 7) is 5.50. The maximum absolute atomic E-state index is 13.0. The highest BCUT2D eigenvalue weighted by atomic mass is 19.1. The van der Waals surface area contributed by atoms with Gasteiger partial charge >= 0.3 is 5.97 Å². The maximum atomic E-state index is 13.0. The van der Waals surface area contributed by atoms with Crippen LogP contribution in [0.5, 0.6) is 0 Å². The van der Waals surface area contributed by atoms with E-state index in [9.17, 15) is 14.3 Å². The number of esters is 1. The third-order valence-corrected chi connectivity index (χ3v) is 3.52. The molecule has 0 aliphatic heterocycles. The molecule has 4 heteroatoms. The molecule has 1 N–H and O–H groups in total. The summed E-state index contributed by atoms with van der Waals surface area (Å²) in [7, 11) is 1.30. The highest BCUT2D eigenvalue weighted by molar-refractivity contribution is 5.74. The average molecular weight is 268 g/mol. The number of hydrogen-bond donors (Lipinski definition) is 1. The first kappa shape index (κ1) is 15.6. The first-order chi connectivity index (χ1) is 8.86. The lowest BCUT2D eigenvalue weighted by Gasteiger charge is -2.36. The third kappa shape index (κ3) is 3.13. The lowest BCUT2D eigenvalue weighted by atomic mass is 9.74. The van der Waals surface area contributed by atoms with E-state index in [1.165, 1.54) is 31.4 Å². The van der Waals surface area contributed by atoms with E-state index >= 15 is 0 Å². The van der Waals surface area contributed by atoms with Gasteiger partial charge in [-0.05, 0) is 30.0 Å². The van der Waals surface area contributed by atoms with E-state index in [0.717, 1.165) is 0 Å². The van der Waals surface area contributed by atoms with Gasteiger partial charge in [0.25, 0.3) is 0 Å². The molecule has 0 saturated heterocycles. The molecule has 0 aromatic heterocycles. The summed E-state index contributed by atoms with van der Waals surface area (Å²) in [6, 6.07) is 5.59. The zero-order chi connectivity index (χ0) is 14.6. The standard InChI is InChI=1S/C15H21FO3/c1-5-15(18,11-6-8-12(16)9-7-11)13(10(2)3)14(17)19-4/h6-10,13,18H,5H2,1-4H3. The Morgan fingerprint density at radius 1 is 1.37 bits per heavy atom. The molecule has 0 aliphatic carbocycles. The largest absolute Gasteiger partial charge is 0.469 e. The fourth-order valence-corrected chi connectivity index (χ4v) is 2.49. The zero-order valence-corrected chi connectivity index (χ0v) is 11.8. The van der Waals surface area contributed by atoms with Crippen LogP contribution in [0.1, 0.15) is 32.8 Å². The molecule has 0 fully saturated rings. The van der Waals surface area contributed by atoms with Gasteiger partial charge in [0.1, 0.15) is 11.4 Å². The predicted molar refractivity (Wildman–Crippen MR) is 70.9 cm³/mol. The van der Waals surface area contributed by atoms with Crippen LogP contribution in [0.15, 0.2) is 24.3 Å². The van der Waals surface area contributed by atoms with Crippen molar-refractivity contribution in [3.8, 4) is 0 Å². The van der Waals surface area contributed by atoms with Crippen molar-refractivity contribution in [2.45, 2.75) is 32.8 Å². The first-order valence-corrected chi connectivity index (χ1v) is 6.43. The van der Waals surface area contributed by atoms with Crippen molar-refractivity contribution in [2.24, 2.45) is 11.8 Å². The van der Waals surface area contributed by atoms with Crippen molar-refractivity contribution in [1.29, 1.82) is 0 Å². The molecule has 0 bridgehead atoms. The smallest absolute Gasteiger partial charge is 0.312 e. The van der Waals surface area contributed by atoms with E-state index in [1.54, 1.807) is 6.92 Å². The minimum absolute atomic E-state index is 0.0950. The van der Waals surface area contributed by atoms with E-state index < -0.39 is 17.5 Å². The number of carbonyl (C=O) groups is 1. The van der Waals surface area contributed by atoms with Crippen LogP contribution in [0.4, 0.5) is 4.39 Å². The van der Waals surface area contributed by atoms with Gasteiger partial charge in [0.15, 0.2) is 0 Å². The lowest BCUT2D eigenvalue weighted by molar-refractivity contribution is -0.161. The van der Waals surface area contributed by atoms with Gasteiger partial charge in [0.05, 0.1) is 13.0 Å². The van der Waals surface area contributed by atoms with Crippen LogP contribution in [0.3, 0.4) is 0 Å². The number of benzene rings is 1. The van der Waals surface area contributed by atoms with E-state index in [1.807, 2.05) is 13.8 Å². The van der Waals surface area contributed by atoms with Gasteiger partial charge in [-0.3, -0.25) is 4.79 Å². The molecule has 1 aromatic rings. The van der Waals surface area contributed by atoms with Gasteiger partial charge in [-0.25, -0.2) is 4.39 Å². The molecule has 2 unspecified atom stereocenters. The summed E-state index contributed by atoms with van der Waals surface area (Å²) < 4.78 is 17.8. The lowest BCUT2D eigenvalue weighted by Crippen LogP contribution is -2.43. The van der Waals surface area contributed by atoms with Gasteiger partial charge in [-0.2, -0.15) is 0 Å². The Balaban J connectivity index is 3.26. The molecule has 1 aromatic carbocycles. The molecule has 0 spiro atoms. The summed E-state index contributed by atoms with van der Waals surface area (Å²) in [4.78, 5) is 11.9. The molecule has 3 nitrogen and oxygen atoms in total. The Bertz CT molecular complexity index is 428. The first-order valence-electron chi connectivity index (χ1n) is 6.43. The minimum Gasteiger partial charge on any atom is -0.469 e. The van der Waals surface area contributed by atoms with Crippen LogP contribution in [0.2, 0.25) is 0 Å². The summed E-state index contributed by atoms with van der Waals surface area (Å²) in [5.74, 6) is -1.61. The molecule has 106 valence electrons. The monoisotopic (exact) mass is 268 g/mol. The summed E-state index contributed by atoms with van der Waals surface area (Å²) >= 11 is 0. The fraction of sp³-hybridized carbons (Fsp3) is 0.533. The van der Waals surface area contributed by atoms with E-state index in [0.29, 0.717) is 12.0 Å². The number of hydrogen-bond acceptors (Lipinski definition) is 3. The normalized spacial score (nSPS) is 15.9. The highest BCUT2D eigenvalue weighted by Gasteiger charge is 2.44. The molecule has 0 aliphatic rings. The number of methoxy groups -OCH3 is 1. The zero-order valence-electron chi connectivity index (χ0n) is 11.8. The second-order valence-electron chi connectivity index (χ2n) is 5.03. The summed E-state index contributed by atoms with van der Waals surface area (Å²) in [5, 5.41) is 10.9. The number of ether oxygens (including phenoxy) is 1. The van der Waals surface area contributed by atoms with E-state index in [4.69, 9.17) is 4.74 Å². The third-order valence-electron chi connectivity index (χ3n) is 3.52. The topological polar surface area (TPSA) is 46.5 Å². The minimum atomic E-state index is -1.35. The molecular weight excluding hydrogens is 247 g/mol. The molecule has 0 saturated carbocycles. The number of aliphatic hydroxyl groups is 1. The highest BCUT2D eigenvalue weighted by Crippen LogP contribution is 2.38. The number of halogens is 1. The van der Waals surface area contributed by atoms with Gasteiger partial charge < -0.3 is 9.84 Å². The van der Waals surface area contributed by atoms with Crippen molar-refractivity contribution in [3.63, 3.8) is 0 Å². The van der Waals surface area contributed by atoms with Gasteiger partial charge in [-0.15, -0.1) is 0 Å². The van der Waals surface area contributed by atoms with Crippen LogP contribution in [-0.2, 0) is 15.1 Å². The predicted octanol–water partition coefficient (Wildman–Crippen LogP) is 2.87. The summed E-state index contributed by atoms with van der Waals surface area (Å²) in [6.07, 6.45) is 0.344. The second-order valence-corrected chi connectivity index (χ2v) is 5.03. The SMILES string of the molecule is CCC(O)(c1ccc(F)cc1)C(C(=O)OC)C(C)C. The van der Waals surface area contributed by atoms with Crippen molar-refractivity contribution in [3.05, 3.63) is 35.6 Å². The van der Waals surface area contributed by atoms with Crippen LogP contribution >= 0.6 is 0 Å². The Kier molecular flexibility index (Phi) is 5.06.